The molecule has 1 heterocycles. The lowest BCUT2D eigenvalue weighted by atomic mass is 10.3. The fourth-order valence-corrected chi connectivity index (χ4v) is 1.70. The Morgan fingerprint density at radius 2 is 1.93 bits per heavy atom. The van der Waals surface area contributed by atoms with Gasteiger partial charge in [0, 0.05) is 11.4 Å². The van der Waals surface area contributed by atoms with Crippen LogP contribution in [-0.2, 0) is 0 Å². The zero-order valence-corrected chi connectivity index (χ0v) is 8.46. The molecule has 76 valence electrons. The van der Waals surface area contributed by atoms with Gasteiger partial charge in [-0.2, -0.15) is 0 Å². The molecule has 0 atom stereocenters. The Kier molecular flexibility index (Phi) is 2.78. The number of halogens is 1. The zero-order chi connectivity index (χ0) is 10.7. The number of rotatable bonds is 3. The average molecular weight is 222 g/mol. The molecule has 15 heavy (non-hydrogen) atoms. The second-order valence-corrected chi connectivity index (χ2v) is 3.80. The minimum atomic E-state index is -0.304. The summed E-state index contributed by atoms with van der Waals surface area (Å²) in [6.07, 6.45) is 0.766. The van der Waals surface area contributed by atoms with E-state index in [0.29, 0.717) is 16.4 Å². The molecule has 1 aromatic carbocycles. The maximum absolute atomic E-state index is 12.6. The Balaban J connectivity index is 2.14. The monoisotopic (exact) mass is 222 g/mol. The molecule has 0 bridgehead atoms. The number of thiophene rings is 1. The summed E-state index contributed by atoms with van der Waals surface area (Å²) in [5.41, 5.74) is 0. The van der Waals surface area contributed by atoms with Crippen LogP contribution in [0, 0.1) is 5.82 Å². The molecule has 2 nitrogen and oxygen atoms in total. The van der Waals surface area contributed by atoms with E-state index in [9.17, 15) is 9.18 Å². The van der Waals surface area contributed by atoms with Gasteiger partial charge in [0.25, 0.3) is 0 Å². The largest absolute Gasteiger partial charge is 0.456 e. The van der Waals surface area contributed by atoms with E-state index >= 15 is 0 Å². The quantitative estimate of drug-likeness (QED) is 0.743. The summed E-state index contributed by atoms with van der Waals surface area (Å²) in [6, 6.07) is 7.35. The summed E-state index contributed by atoms with van der Waals surface area (Å²) in [5.74, 6) is 0.835. The van der Waals surface area contributed by atoms with Gasteiger partial charge in [-0.15, -0.1) is 11.3 Å². The van der Waals surface area contributed by atoms with Crippen molar-refractivity contribution < 1.29 is 13.9 Å². The van der Waals surface area contributed by atoms with Crippen LogP contribution in [0.15, 0.2) is 35.7 Å². The van der Waals surface area contributed by atoms with Gasteiger partial charge in [0.05, 0.1) is 4.88 Å². The normalized spacial score (nSPS) is 9.93. The molecule has 0 radical (unpaired) electrons. The first-order valence-corrected chi connectivity index (χ1v) is 5.13. The molecule has 0 N–H and O–H groups in total. The minimum Gasteiger partial charge on any atom is -0.456 e. The number of hydrogen-bond acceptors (Lipinski definition) is 3. The molecule has 2 aromatic rings. The van der Waals surface area contributed by atoms with Crippen molar-refractivity contribution in [2.45, 2.75) is 0 Å². The molecule has 0 saturated carbocycles. The standard InChI is InChI=1S/C11H7FO2S/c12-8-1-3-9(4-2-8)14-10-5-11(6-13)15-7-10/h1-7H. The van der Waals surface area contributed by atoms with Crippen LogP contribution in [0.4, 0.5) is 4.39 Å². The molecule has 2 rings (SSSR count). The fourth-order valence-electron chi connectivity index (χ4n) is 1.09. The average Bonchev–Trinajstić information content (AvgIpc) is 2.69. The molecule has 4 heteroatoms. The highest BCUT2D eigenvalue weighted by Crippen LogP contribution is 2.25. The third-order valence-electron chi connectivity index (χ3n) is 1.76. The van der Waals surface area contributed by atoms with E-state index in [-0.39, 0.29) is 5.82 Å². The molecule has 0 fully saturated rings. The van der Waals surface area contributed by atoms with Crippen LogP contribution in [0.25, 0.3) is 0 Å². The SMILES string of the molecule is O=Cc1cc(Oc2ccc(F)cc2)cs1. The highest BCUT2D eigenvalue weighted by atomic mass is 32.1. The summed E-state index contributed by atoms with van der Waals surface area (Å²) in [4.78, 5) is 11.0. The van der Waals surface area contributed by atoms with E-state index in [4.69, 9.17) is 4.74 Å². The maximum Gasteiger partial charge on any atom is 0.160 e. The molecule has 0 unspecified atom stereocenters. The van der Waals surface area contributed by atoms with Gasteiger partial charge < -0.3 is 4.74 Å². The van der Waals surface area contributed by atoms with Crippen LogP contribution in [0.2, 0.25) is 0 Å². The highest BCUT2D eigenvalue weighted by molar-refractivity contribution is 7.11. The Morgan fingerprint density at radius 1 is 1.20 bits per heavy atom. The second kappa shape index (κ2) is 4.23. The first-order chi connectivity index (χ1) is 7.28. The second-order valence-electron chi connectivity index (χ2n) is 2.86. The van der Waals surface area contributed by atoms with E-state index < -0.39 is 0 Å². The van der Waals surface area contributed by atoms with Crippen molar-refractivity contribution >= 4 is 17.6 Å². The number of carbonyl (C=O) groups excluding carboxylic acids is 1. The predicted octanol–water partition coefficient (Wildman–Crippen LogP) is 3.49. The van der Waals surface area contributed by atoms with Gasteiger partial charge in [0.2, 0.25) is 0 Å². The summed E-state index contributed by atoms with van der Waals surface area (Å²) in [7, 11) is 0. The van der Waals surface area contributed by atoms with Crippen LogP contribution < -0.4 is 4.74 Å². The Morgan fingerprint density at radius 3 is 2.53 bits per heavy atom. The van der Waals surface area contributed by atoms with Gasteiger partial charge in [-0.05, 0) is 24.3 Å². The molecule has 0 saturated heterocycles. The van der Waals surface area contributed by atoms with Gasteiger partial charge >= 0.3 is 0 Å². The Hall–Kier alpha value is -1.68. The number of ether oxygens (including phenoxy) is 1. The summed E-state index contributed by atoms with van der Waals surface area (Å²) in [5, 5.41) is 1.73. The van der Waals surface area contributed by atoms with Gasteiger partial charge in [-0.1, -0.05) is 0 Å². The van der Waals surface area contributed by atoms with Crippen molar-refractivity contribution in [1.82, 2.24) is 0 Å². The molecular formula is C11H7FO2S. The third kappa shape index (κ3) is 2.41. The third-order valence-corrected chi connectivity index (χ3v) is 2.60. The Bertz CT molecular complexity index is 462. The summed E-state index contributed by atoms with van der Waals surface area (Å²) in [6.45, 7) is 0. The van der Waals surface area contributed by atoms with Crippen molar-refractivity contribution in [2.75, 3.05) is 0 Å². The van der Waals surface area contributed by atoms with Crippen molar-refractivity contribution in [3.63, 3.8) is 0 Å². The van der Waals surface area contributed by atoms with E-state index in [1.165, 1.54) is 35.6 Å². The van der Waals surface area contributed by atoms with E-state index in [1.807, 2.05) is 0 Å². The first-order valence-electron chi connectivity index (χ1n) is 4.25. The van der Waals surface area contributed by atoms with Crippen LogP contribution in [-0.4, -0.2) is 6.29 Å². The lowest BCUT2D eigenvalue weighted by Crippen LogP contribution is -1.81. The van der Waals surface area contributed by atoms with E-state index in [1.54, 1.807) is 11.4 Å². The van der Waals surface area contributed by atoms with Gasteiger partial charge in [0.15, 0.2) is 6.29 Å². The van der Waals surface area contributed by atoms with Crippen molar-refractivity contribution in [2.24, 2.45) is 0 Å². The number of aldehydes is 1. The topological polar surface area (TPSA) is 26.3 Å². The lowest BCUT2D eigenvalue weighted by Gasteiger charge is -2.01. The molecule has 0 amide bonds. The summed E-state index contributed by atoms with van der Waals surface area (Å²) >= 11 is 1.30. The Labute approximate surface area is 89.9 Å². The predicted molar refractivity (Wildman–Crippen MR) is 56.2 cm³/mol. The molecule has 1 aromatic heterocycles. The van der Waals surface area contributed by atoms with Gasteiger partial charge in [-0.3, -0.25) is 4.79 Å². The smallest absolute Gasteiger partial charge is 0.160 e. The zero-order valence-electron chi connectivity index (χ0n) is 7.64. The van der Waals surface area contributed by atoms with E-state index in [0.717, 1.165) is 6.29 Å². The maximum atomic E-state index is 12.6. The van der Waals surface area contributed by atoms with Gasteiger partial charge in [-0.25, -0.2) is 4.39 Å². The number of carbonyl (C=O) groups is 1. The highest BCUT2D eigenvalue weighted by Gasteiger charge is 2.01. The van der Waals surface area contributed by atoms with Crippen molar-refractivity contribution in [3.8, 4) is 11.5 Å². The van der Waals surface area contributed by atoms with Crippen LogP contribution >= 0.6 is 11.3 Å². The van der Waals surface area contributed by atoms with Crippen LogP contribution in [0.3, 0.4) is 0 Å². The van der Waals surface area contributed by atoms with Crippen molar-refractivity contribution in [1.29, 1.82) is 0 Å². The minimum absolute atomic E-state index is 0.304. The molecular weight excluding hydrogens is 215 g/mol. The van der Waals surface area contributed by atoms with E-state index in [2.05, 4.69) is 0 Å². The molecule has 0 aliphatic heterocycles. The number of benzene rings is 1. The van der Waals surface area contributed by atoms with Crippen molar-refractivity contribution in [3.05, 3.63) is 46.4 Å². The lowest BCUT2D eigenvalue weighted by molar-refractivity contribution is 0.112. The molecule has 0 aliphatic carbocycles. The summed E-state index contributed by atoms with van der Waals surface area (Å²) < 4.78 is 18.0. The van der Waals surface area contributed by atoms with Gasteiger partial charge in [0.1, 0.15) is 17.3 Å². The fraction of sp³-hybridized carbons (Fsp3) is 0. The molecule has 0 spiro atoms. The van der Waals surface area contributed by atoms with Crippen LogP contribution in [0.1, 0.15) is 9.67 Å². The molecule has 0 aliphatic rings. The first kappa shape index (κ1) is 9.86. The number of hydrogen-bond donors (Lipinski definition) is 0. The van der Waals surface area contributed by atoms with Crippen LogP contribution in [0.5, 0.6) is 11.5 Å².